The SMILES string of the molecule is CC(=O)OCCCCC(Br)Cc1ccccc1. The average molecular weight is 299 g/mol. The summed E-state index contributed by atoms with van der Waals surface area (Å²) < 4.78 is 4.89. The van der Waals surface area contributed by atoms with Gasteiger partial charge in [0.1, 0.15) is 0 Å². The van der Waals surface area contributed by atoms with Gasteiger partial charge in [-0.05, 0) is 31.2 Å². The van der Waals surface area contributed by atoms with Gasteiger partial charge in [0, 0.05) is 11.8 Å². The summed E-state index contributed by atoms with van der Waals surface area (Å²) in [4.78, 5) is 11.1. The fraction of sp³-hybridized carbons (Fsp3) is 0.500. The lowest BCUT2D eigenvalue weighted by molar-refractivity contribution is -0.141. The molecule has 17 heavy (non-hydrogen) atoms. The Hall–Kier alpha value is -0.830. The van der Waals surface area contributed by atoms with E-state index in [1.165, 1.54) is 12.5 Å². The normalized spacial score (nSPS) is 12.1. The fourth-order valence-corrected chi connectivity index (χ4v) is 2.35. The molecular weight excluding hydrogens is 280 g/mol. The van der Waals surface area contributed by atoms with Gasteiger partial charge in [-0.25, -0.2) is 0 Å². The summed E-state index contributed by atoms with van der Waals surface area (Å²) in [6.07, 6.45) is 4.18. The van der Waals surface area contributed by atoms with Crippen LogP contribution in [0.1, 0.15) is 31.7 Å². The summed E-state index contributed by atoms with van der Waals surface area (Å²) in [5.74, 6) is -0.190. The van der Waals surface area contributed by atoms with Gasteiger partial charge in [0.25, 0.3) is 0 Å². The van der Waals surface area contributed by atoms with Crippen molar-refractivity contribution in [2.75, 3.05) is 6.61 Å². The van der Waals surface area contributed by atoms with E-state index in [9.17, 15) is 4.79 Å². The smallest absolute Gasteiger partial charge is 0.302 e. The highest BCUT2D eigenvalue weighted by Gasteiger charge is 2.05. The molecule has 1 aromatic rings. The number of halogens is 1. The van der Waals surface area contributed by atoms with Crippen molar-refractivity contribution in [1.82, 2.24) is 0 Å². The number of ether oxygens (including phenoxy) is 1. The van der Waals surface area contributed by atoms with Crippen LogP contribution >= 0.6 is 15.9 Å². The number of alkyl halides is 1. The molecule has 3 heteroatoms. The Morgan fingerprint density at radius 3 is 2.65 bits per heavy atom. The standard InChI is InChI=1S/C14H19BrO2/c1-12(16)17-10-6-5-9-14(15)11-13-7-3-2-4-8-13/h2-4,7-8,14H,5-6,9-11H2,1H3. The van der Waals surface area contributed by atoms with E-state index in [1.54, 1.807) is 0 Å². The molecule has 0 bridgehead atoms. The lowest BCUT2D eigenvalue weighted by Gasteiger charge is -2.09. The number of esters is 1. The molecule has 0 fully saturated rings. The van der Waals surface area contributed by atoms with Crippen LogP contribution in [0.4, 0.5) is 0 Å². The van der Waals surface area contributed by atoms with E-state index in [4.69, 9.17) is 4.74 Å². The van der Waals surface area contributed by atoms with Gasteiger partial charge in [-0.2, -0.15) is 0 Å². The van der Waals surface area contributed by atoms with Crippen molar-refractivity contribution >= 4 is 21.9 Å². The first-order valence-electron chi connectivity index (χ1n) is 6.00. The van der Waals surface area contributed by atoms with Crippen LogP contribution in [0.5, 0.6) is 0 Å². The molecule has 1 rings (SSSR count). The molecule has 0 spiro atoms. The van der Waals surface area contributed by atoms with Crippen LogP contribution in [0.2, 0.25) is 0 Å². The quantitative estimate of drug-likeness (QED) is 0.436. The number of benzene rings is 1. The zero-order valence-electron chi connectivity index (χ0n) is 10.2. The maximum atomic E-state index is 10.6. The molecule has 0 N–H and O–H groups in total. The summed E-state index contributed by atoms with van der Waals surface area (Å²) in [6, 6.07) is 10.5. The molecule has 94 valence electrons. The molecule has 0 aliphatic rings. The summed E-state index contributed by atoms with van der Waals surface area (Å²) in [5, 5.41) is 0. The Morgan fingerprint density at radius 1 is 1.29 bits per heavy atom. The van der Waals surface area contributed by atoms with Gasteiger partial charge in [0.2, 0.25) is 0 Å². The summed E-state index contributed by atoms with van der Waals surface area (Å²) in [5.41, 5.74) is 1.36. The Morgan fingerprint density at radius 2 is 2.00 bits per heavy atom. The van der Waals surface area contributed by atoms with E-state index in [0.29, 0.717) is 11.4 Å². The molecule has 2 nitrogen and oxygen atoms in total. The van der Waals surface area contributed by atoms with Gasteiger partial charge in [0.05, 0.1) is 6.61 Å². The first-order chi connectivity index (χ1) is 8.18. The van der Waals surface area contributed by atoms with Crippen molar-refractivity contribution in [2.24, 2.45) is 0 Å². The van der Waals surface area contributed by atoms with Crippen molar-refractivity contribution < 1.29 is 9.53 Å². The van der Waals surface area contributed by atoms with Crippen LogP contribution in [0.25, 0.3) is 0 Å². The van der Waals surface area contributed by atoms with Crippen LogP contribution in [-0.2, 0) is 16.0 Å². The van der Waals surface area contributed by atoms with Gasteiger partial charge >= 0.3 is 5.97 Å². The minimum Gasteiger partial charge on any atom is -0.466 e. The van der Waals surface area contributed by atoms with Crippen LogP contribution in [0, 0.1) is 0 Å². The molecule has 1 aromatic carbocycles. The van der Waals surface area contributed by atoms with E-state index >= 15 is 0 Å². The molecule has 0 amide bonds. The Bertz CT molecular complexity index is 324. The third-order valence-corrected chi connectivity index (χ3v) is 3.30. The molecule has 0 aliphatic carbocycles. The molecular formula is C14H19BrO2. The molecule has 0 aromatic heterocycles. The Kier molecular flexibility index (Phi) is 6.94. The second-order valence-electron chi connectivity index (χ2n) is 4.12. The highest BCUT2D eigenvalue weighted by molar-refractivity contribution is 9.09. The van der Waals surface area contributed by atoms with Gasteiger partial charge in [-0.1, -0.05) is 46.3 Å². The third-order valence-electron chi connectivity index (χ3n) is 2.52. The molecule has 1 unspecified atom stereocenters. The minimum atomic E-state index is -0.190. The highest BCUT2D eigenvalue weighted by Crippen LogP contribution is 2.15. The van der Waals surface area contributed by atoms with E-state index in [1.807, 2.05) is 6.07 Å². The fourth-order valence-electron chi connectivity index (χ4n) is 1.66. The zero-order valence-corrected chi connectivity index (χ0v) is 11.8. The predicted molar refractivity (Wildman–Crippen MR) is 73.3 cm³/mol. The number of hydrogen-bond donors (Lipinski definition) is 0. The molecule has 1 atom stereocenters. The summed E-state index contributed by atoms with van der Waals surface area (Å²) in [7, 11) is 0. The van der Waals surface area contributed by atoms with Crippen molar-refractivity contribution in [2.45, 2.75) is 37.4 Å². The van der Waals surface area contributed by atoms with Crippen LogP contribution in [0.3, 0.4) is 0 Å². The van der Waals surface area contributed by atoms with Crippen molar-refractivity contribution in [1.29, 1.82) is 0 Å². The van der Waals surface area contributed by atoms with Crippen LogP contribution in [-0.4, -0.2) is 17.4 Å². The van der Waals surface area contributed by atoms with E-state index in [2.05, 4.69) is 40.2 Å². The predicted octanol–water partition coefficient (Wildman–Crippen LogP) is 3.73. The van der Waals surface area contributed by atoms with Gasteiger partial charge in [0.15, 0.2) is 0 Å². The number of carbonyl (C=O) groups excluding carboxylic acids is 1. The van der Waals surface area contributed by atoms with Gasteiger partial charge < -0.3 is 4.74 Å². The van der Waals surface area contributed by atoms with Crippen molar-refractivity contribution in [3.05, 3.63) is 35.9 Å². The Balaban J connectivity index is 2.09. The first-order valence-corrected chi connectivity index (χ1v) is 6.91. The van der Waals surface area contributed by atoms with E-state index < -0.39 is 0 Å². The van der Waals surface area contributed by atoms with Gasteiger partial charge in [-0.15, -0.1) is 0 Å². The van der Waals surface area contributed by atoms with Crippen LogP contribution < -0.4 is 0 Å². The second-order valence-corrected chi connectivity index (χ2v) is 5.42. The number of hydrogen-bond acceptors (Lipinski definition) is 2. The van der Waals surface area contributed by atoms with Crippen LogP contribution in [0.15, 0.2) is 30.3 Å². The lowest BCUT2D eigenvalue weighted by atomic mass is 10.1. The van der Waals surface area contributed by atoms with Crippen molar-refractivity contribution in [3.63, 3.8) is 0 Å². The average Bonchev–Trinajstić information content (AvgIpc) is 2.29. The molecule has 0 radical (unpaired) electrons. The summed E-state index contributed by atoms with van der Waals surface area (Å²) >= 11 is 3.69. The van der Waals surface area contributed by atoms with E-state index in [0.717, 1.165) is 25.7 Å². The monoisotopic (exact) mass is 298 g/mol. The topological polar surface area (TPSA) is 26.3 Å². The molecule has 0 aliphatic heterocycles. The minimum absolute atomic E-state index is 0.190. The number of carbonyl (C=O) groups is 1. The lowest BCUT2D eigenvalue weighted by Crippen LogP contribution is -2.05. The largest absolute Gasteiger partial charge is 0.466 e. The maximum Gasteiger partial charge on any atom is 0.302 e. The Labute approximate surface area is 111 Å². The first kappa shape index (κ1) is 14.2. The zero-order chi connectivity index (χ0) is 12.5. The third kappa shape index (κ3) is 7.16. The number of rotatable bonds is 7. The van der Waals surface area contributed by atoms with Gasteiger partial charge in [-0.3, -0.25) is 4.79 Å². The molecule has 0 heterocycles. The highest BCUT2D eigenvalue weighted by atomic mass is 79.9. The second kappa shape index (κ2) is 8.29. The van der Waals surface area contributed by atoms with Crippen molar-refractivity contribution in [3.8, 4) is 0 Å². The number of unbranched alkanes of at least 4 members (excludes halogenated alkanes) is 1. The maximum absolute atomic E-state index is 10.6. The molecule has 0 saturated heterocycles. The summed E-state index contributed by atoms with van der Waals surface area (Å²) in [6.45, 7) is 1.99. The van der Waals surface area contributed by atoms with E-state index in [-0.39, 0.29) is 5.97 Å². The molecule has 0 saturated carbocycles.